The van der Waals surface area contributed by atoms with Gasteiger partial charge in [0.15, 0.2) is 0 Å². The van der Waals surface area contributed by atoms with Gasteiger partial charge in [0.05, 0.1) is 6.20 Å². The molecule has 108 valence electrons. The maximum atomic E-state index is 13.7. The van der Waals surface area contributed by atoms with Crippen LogP contribution in [-0.4, -0.2) is 29.1 Å². The van der Waals surface area contributed by atoms with Gasteiger partial charge in [0.2, 0.25) is 5.91 Å². The highest BCUT2D eigenvalue weighted by atomic mass is 19.1. The molecule has 4 nitrogen and oxygen atoms in total. The van der Waals surface area contributed by atoms with E-state index in [0.717, 1.165) is 11.3 Å². The van der Waals surface area contributed by atoms with E-state index >= 15 is 0 Å². The van der Waals surface area contributed by atoms with E-state index in [1.54, 1.807) is 41.4 Å². The van der Waals surface area contributed by atoms with Gasteiger partial charge in [-0.25, -0.2) is 4.39 Å². The minimum absolute atomic E-state index is 0.00480. The van der Waals surface area contributed by atoms with Gasteiger partial charge in [-0.3, -0.25) is 9.78 Å². The van der Waals surface area contributed by atoms with Crippen LogP contribution in [0, 0.1) is 11.7 Å². The first-order chi connectivity index (χ1) is 10.2. The van der Waals surface area contributed by atoms with Crippen molar-refractivity contribution in [2.75, 3.05) is 18.1 Å². The standard InChI is InChI=1S/C16H15FN2O2/c17-15-8-18-6-5-14(15)12-1-3-13(4-2-12)19-9-11(10-20)7-16(19)21/h1-6,8,11,20H,7,9-10H2. The van der Waals surface area contributed by atoms with Crippen molar-refractivity contribution >= 4 is 11.6 Å². The lowest BCUT2D eigenvalue weighted by molar-refractivity contribution is -0.117. The number of aliphatic hydroxyl groups is 1. The number of nitrogens with zero attached hydrogens (tertiary/aromatic N) is 2. The summed E-state index contributed by atoms with van der Waals surface area (Å²) in [7, 11) is 0. The summed E-state index contributed by atoms with van der Waals surface area (Å²) >= 11 is 0. The third kappa shape index (κ3) is 2.64. The van der Waals surface area contributed by atoms with Crippen molar-refractivity contribution in [2.45, 2.75) is 6.42 Å². The van der Waals surface area contributed by atoms with E-state index in [9.17, 15) is 9.18 Å². The van der Waals surface area contributed by atoms with E-state index < -0.39 is 0 Å². The monoisotopic (exact) mass is 286 g/mol. The highest BCUT2D eigenvalue weighted by molar-refractivity contribution is 5.96. The van der Waals surface area contributed by atoms with Crippen LogP contribution in [-0.2, 0) is 4.79 Å². The lowest BCUT2D eigenvalue weighted by atomic mass is 10.1. The van der Waals surface area contributed by atoms with Gasteiger partial charge < -0.3 is 10.0 Å². The summed E-state index contributed by atoms with van der Waals surface area (Å²) in [5, 5.41) is 9.15. The molecular formula is C16H15FN2O2. The van der Waals surface area contributed by atoms with E-state index in [2.05, 4.69) is 4.98 Å². The van der Waals surface area contributed by atoms with E-state index in [1.807, 2.05) is 0 Å². The summed E-state index contributed by atoms with van der Waals surface area (Å²) in [5.41, 5.74) is 2.00. The first kappa shape index (κ1) is 13.7. The van der Waals surface area contributed by atoms with E-state index in [0.29, 0.717) is 18.5 Å². The molecule has 1 N–H and O–H groups in total. The summed E-state index contributed by atoms with van der Waals surface area (Å²) in [6.07, 6.45) is 3.10. The molecule has 0 saturated carbocycles. The first-order valence-corrected chi connectivity index (χ1v) is 6.80. The van der Waals surface area contributed by atoms with E-state index in [-0.39, 0.29) is 24.2 Å². The first-order valence-electron chi connectivity index (χ1n) is 6.80. The predicted octanol–water partition coefficient (Wildman–Crippen LogP) is 2.23. The van der Waals surface area contributed by atoms with Gasteiger partial charge in [0.1, 0.15) is 5.82 Å². The maximum absolute atomic E-state index is 13.7. The van der Waals surface area contributed by atoms with Crippen LogP contribution in [0.4, 0.5) is 10.1 Å². The van der Waals surface area contributed by atoms with Gasteiger partial charge >= 0.3 is 0 Å². The lowest BCUT2D eigenvalue weighted by Gasteiger charge is -2.17. The molecule has 1 aromatic heterocycles. The minimum atomic E-state index is -0.372. The number of rotatable bonds is 3. The summed E-state index contributed by atoms with van der Waals surface area (Å²) in [6, 6.07) is 8.79. The molecule has 2 aromatic rings. The topological polar surface area (TPSA) is 53.4 Å². The molecule has 1 amide bonds. The molecule has 1 atom stereocenters. The smallest absolute Gasteiger partial charge is 0.227 e. The molecule has 3 rings (SSSR count). The van der Waals surface area contributed by atoms with E-state index in [1.165, 1.54) is 6.20 Å². The maximum Gasteiger partial charge on any atom is 0.227 e. The van der Waals surface area contributed by atoms with E-state index in [4.69, 9.17) is 5.11 Å². The molecule has 0 spiro atoms. The Hall–Kier alpha value is -2.27. The number of amides is 1. The zero-order chi connectivity index (χ0) is 14.8. The fraction of sp³-hybridized carbons (Fsp3) is 0.250. The Morgan fingerprint density at radius 1 is 1.29 bits per heavy atom. The SMILES string of the molecule is O=C1CC(CO)CN1c1ccc(-c2ccncc2F)cc1. The quantitative estimate of drug-likeness (QED) is 0.941. The van der Waals surface area contributed by atoms with Crippen molar-refractivity contribution < 1.29 is 14.3 Å². The molecule has 2 heterocycles. The Morgan fingerprint density at radius 2 is 2.05 bits per heavy atom. The van der Waals surface area contributed by atoms with Gasteiger partial charge in [-0.1, -0.05) is 12.1 Å². The van der Waals surface area contributed by atoms with Crippen molar-refractivity contribution in [3.63, 3.8) is 0 Å². The molecule has 1 aromatic carbocycles. The minimum Gasteiger partial charge on any atom is -0.396 e. The summed E-state index contributed by atoms with van der Waals surface area (Å²) in [5.74, 6) is -0.366. The van der Waals surface area contributed by atoms with Crippen molar-refractivity contribution in [3.05, 3.63) is 48.5 Å². The molecule has 21 heavy (non-hydrogen) atoms. The summed E-state index contributed by atoms with van der Waals surface area (Å²) in [4.78, 5) is 17.3. The third-order valence-corrected chi connectivity index (χ3v) is 3.73. The molecule has 1 saturated heterocycles. The average molecular weight is 286 g/mol. The molecule has 1 aliphatic heterocycles. The normalized spacial score (nSPS) is 18.3. The number of hydrogen-bond donors (Lipinski definition) is 1. The number of carbonyl (C=O) groups excluding carboxylic acids is 1. The van der Waals surface area contributed by atoms with Crippen LogP contribution >= 0.6 is 0 Å². The Balaban J connectivity index is 1.85. The van der Waals surface area contributed by atoms with Gasteiger partial charge in [-0.05, 0) is 23.8 Å². The van der Waals surface area contributed by atoms with Crippen LogP contribution in [0.3, 0.4) is 0 Å². The highest BCUT2D eigenvalue weighted by Crippen LogP contribution is 2.28. The van der Waals surface area contributed by atoms with Crippen molar-refractivity contribution in [1.82, 2.24) is 4.98 Å². The van der Waals surface area contributed by atoms with Crippen LogP contribution in [0.2, 0.25) is 0 Å². The van der Waals surface area contributed by atoms with Crippen LogP contribution in [0.5, 0.6) is 0 Å². The Kier molecular flexibility index (Phi) is 3.66. The van der Waals surface area contributed by atoms with Gasteiger partial charge in [0, 0.05) is 42.9 Å². The summed E-state index contributed by atoms with van der Waals surface area (Å²) in [6.45, 7) is 0.543. The Morgan fingerprint density at radius 3 is 2.67 bits per heavy atom. The van der Waals surface area contributed by atoms with Gasteiger partial charge in [-0.2, -0.15) is 0 Å². The Bertz CT molecular complexity index is 658. The van der Waals surface area contributed by atoms with Crippen LogP contribution in [0.25, 0.3) is 11.1 Å². The van der Waals surface area contributed by atoms with Gasteiger partial charge in [-0.15, -0.1) is 0 Å². The van der Waals surface area contributed by atoms with Gasteiger partial charge in [0.25, 0.3) is 0 Å². The van der Waals surface area contributed by atoms with Crippen LogP contribution < -0.4 is 4.90 Å². The summed E-state index contributed by atoms with van der Waals surface area (Å²) < 4.78 is 13.7. The van der Waals surface area contributed by atoms with Crippen LogP contribution in [0.15, 0.2) is 42.7 Å². The zero-order valence-corrected chi connectivity index (χ0v) is 11.4. The number of pyridine rings is 1. The number of aromatic nitrogens is 1. The van der Waals surface area contributed by atoms with Crippen LogP contribution in [0.1, 0.15) is 6.42 Å². The average Bonchev–Trinajstić information content (AvgIpc) is 2.89. The fourth-order valence-corrected chi connectivity index (χ4v) is 2.58. The second kappa shape index (κ2) is 5.61. The number of anilines is 1. The number of hydrogen-bond acceptors (Lipinski definition) is 3. The molecule has 0 radical (unpaired) electrons. The second-order valence-corrected chi connectivity index (χ2v) is 5.16. The highest BCUT2D eigenvalue weighted by Gasteiger charge is 2.29. The van der Waals surface area contributed by atoms with Crippen molar-refractivity contribution in [3.8, 4) is 11.1 Å². The molecule has 5 heteroatoms. The molecule has 1 unspecified atom stereocenters. The number of halogens is 1. The predicted molar refractivity (Wildman–Crippen MR) is 77.2 cm³/mol. The zero-order valence-electron chi connectivity index (χ0n) is 11.4. The van der Waals surface area contributed by atoms with Crippen molar-refractivity contribution in [2.24, 2.45) is 5.92 Å². The number of carbonyl (C=O) groups is 1. The Labute approximate surface area is 121 Å². The third-order valence-electron chi connectivity index (χ3n) is 3.73. The largest absolute Gasteiger partial charge is 0.396 e. The molecule has 1 aliphatic rings. The molecular weight excluding hydrogens is 271 g/mol. The molecule has 1 fully saturated rings. The molecule has 0 aliphatic carbocycles. The number of benzene rings is 1. The lowest BCUT2D eigenvalue weighted by Crippen LogP contribution is -2.24. The van der Waals surface area contributed by atoms with Crippen molar-refractivity contribution in [1.29, 1.82) is 0 Å². The fourth-order valence-electron chi connectivity index (χ4n) is 2.58. The number of aliphatic hydroxyl groups excluding tert-OH is 1. The molecule has 0 bridgehead atoms. The second-order valence-electron chi connectivity index (χ2n) is 5.16.